The molecule has 2 unspecified atom stereocenters. The predicted molar refractivity (Wildman–Crippen MR) is 116 cm³/mol. The fourth-order valence-corrected chi connectivity index (χ4v) is 4.46. The number of aromatic hydroxyl groups is 1. The molecule has 4 rings (SSSR count). The van der Waals surface area contributed by atoms with E-state index < -0.39 is 23.0 Å². The summed E-state index contributed by atoms with van der Waals surface area (Å²) in [5.41, 5.74) is -0.525. The van der Waals surface area contributed by atoms with E-state index in [-0.39, 0.29) is 35.8 Å². The van der Waals surface area contributed by atoms with Crippen molar-refractivity contribution in [3.8, 4) is 5.75 Å². The van der Waals surface area contributed by atoms with Crippen molar-refractivity contribution in [2.45, 2.75) is 52.0 Å². The standard InChI is InChI=1S/C23H27FN4O4/c1-3-14(2)27-9-4-10-28-18(27)13-26-12-17(20(29)21(30)19(26)23(28)32)22(31)25-11-15-5-7-16(24)8-6-15/h5-8,12,14,18,30H,3-4,9-11,13H2,1-2H3,(H,25,31). The van der Waals surface area contributed by atoms with Crippen LogP contribution in [0.3, 0.4) is 0 Å². The van der Waals surface area contributed by atoms with Crippen molar-refractivity contribution in [2.75, 3.05) is 13.1 Å². The highest BCUT2D eigenvalue weighted by Gasteiger charge is 2.41. The third-order valence-corrected chi connectivity index (χ3v) is 6.41. The summed E-state index contributed by atoms with van der Waals surface area (Å²) >= 11 is 0. The second-order valence-electron chi connectivity index (χ2n) is 8.36. The van der Waals surface area contributed by atoms with E-state index in [4.69, 9.17) is 0 Å². The maximum absolute atomic E-state index is 13.1. The zero-order chi connectivity index (χ0) is 23.0. The summed E-state index contributed by atoms with van der Waals surface area (Å²) in [6, 6.07) is 5.90. The van der Waals surface area contributed by atoms with Crippen molar-refractivity contribution < 1.29 is 19.1 Å². The molecule has 2 aliphatic heterocycles. The lowest BCUT2D eigenvalue weighted by molar-refractivity contribution is -0.0277. The molecule has 0 spiro atoms. The van der Waals surface area contributed by atoms with Gasteiger partial charge in [-0.15, -0.1) is 0 Å². The molecule has 3 heterocycles. The van der Waals surface area contributed by atoms with E-state index in [0.29, 0.717) is 18.7 Å². The Kier molecular flexibility index (Phi) is 6.01. The normalized spacial score (nSPS) is 19.3. The molecule has 0 bridgehead atoms. The Hall–Kier alpha value is -3.20. The number of carbonyl (C=O) groups is 2. The van der Waals surface area contributed by atoms with Crippen LogP contribution in [-0.4, -0.2) is 56.6 Å². The predicted octanol–water partition coefficient (Wildman–Crippen LogP) is 1.91. The summed E-state index contributed by atoms with van der Waals surface area (Å²) < 4.78 is 14.6. The minimum atomic E-state index is -0.879. The zero-order valence-corrected chi connectivity index (χ0v) is 18.2. The molecule has 0 saturated carbocycles. The monoisotopic (exact) mass is 442 g/mol. The lowest BCUT2D eigenvalue weighted by atomic mass is 10.0. The van der Waals surface area contributed by atoms with Crippen LogP contribution in [0.15, 0.2) is 35.3 Å². The van der Waals surface area contributed by atoms with Gasteiger partial charge in [0.2, 0.25) is 5.43 Å². The number of benzene rings is 1. The lowest BCUT2D eigenvalue weighted by Crippen LogP contribution is -2.62. The number of halogens is 1. The Labute approximate surface area is 185 Å². The summed E-state index contributed by atoms with van der Waals surface area (Å²) in [7, 11) is 0. The number of pyridine rings is 1. The van der Waals surface area contributed by atoms with Crippen LogP contribution in [0.25, 0.3) is 0 Å². The highest BCUT2D eigenvalue weighted by Crippen LogP contribution is 2.29. The van der Waals surface area contributed by atoms with Gasteiger partial charge in [-0.3, -0.25) is 19.3 Å². The molecule has 8 nitrogen and oxygen atoms in total. The first-order valence-electron chi connectivity index (χ1n) is 10.9. The summed E-state index contributed by atoms with van der Waals surface area (Å²) in [4.78, 5) is 42.5. The number of amides is 2. The van der Waals surface area contributed by atoms with Crippen LogP contribution in [-0.2, 0) is 13.1 Å². The van der Waals surface area contributed by atoms with Crippen LogP contribution >= 0.6 is 0 Å². The molecule has 1 aromatic heterocycles. The highest BCUT2D eigenvalue weighted by atomic mass is 19.1. The van der Waals surface area contributed by atoms with Gasteiger partial charge < -0.3 is 19.9 Å². The molecule has 0 aliphatic carbocycles. The maximum atomic E-state index is 13.1. The minimum absolute atomic E-state index is 0.0765. The second kappa shape index (κ2) is 8.74. The van der Waals surface area contributed by atoms with E-state index in [9.17, 15) is 23.9 Å². The largest absolute Gasteiger partial charge is 0.503 e. The topological polar surface area (TPSA) is 94.9 Å². The van der Waals surface area contributed by atoms with Gasteiger partial charge in [-0.2, -0.15) is 0 Å². The Morgan fingerprint density at radius 1 is 1.25 bits per heavy atom. The molecule has 2 aliphatic rings. The molecule has 2 N–H and O–H groups in total. The van der Waals surface area contributed by atoms with Gasteiger partial charge in [0.1, 0.15) is 17.5 Å². The first-order chi connectivity index (χ1) is 15.3. The molecule has 32 heavy (non-hydrogen) atoms. The number of carbonyl (C=O) groups excluding carboxylic acids is 2. The summed E-state index contributed by atoms with van der Waals surface area (Å²) in [6.07, 6.45) is 2.91. The van der Waals surface area contributed by atoms with Crippen molar-refractivity contribution in [2.24, 2.45) is 0 Å². The van der Waals surface area contributed by atoms with Gasteiger partial charge in [-0.25, -0.2) is 4.39 Å². The third kappa shape index (κ3) is 3.88. The van der Waals surface area contributed by atoms with Crippen molar-refractivity contribution in [1.82, 2.24) is 19.7 Å². The number of aromatic nitrogens is 1. The molecule has 1 aromatic carbocycles. The molecular weight excluding hydrogens is 415 g/mol. The highest BCUT2D eigenvalue weighted by molar-refractivity contribution is 5.99. The van der Waals surface area contributed by atoms with Crippen LogP contribution in [0.2, 0.25) is 0 Å². The van der Waals surface area contributed by atoms with Crippen molar-refractivity contribution in [3.63, 3.8) is 0 Å². The molecule has 0 radical (unpaired) electrons. The number of rotatable bonds is 5. The first-order valence-corrected chi connectivity index (χ1v) is 10.9. The van der Waals surface area contributed by atoms with Gasteiger partial charge in [0, 0.05) is 31.9 Å². The lowest BCUT2D eigenvalue weighted by Gasteiger charge is -2.49. The van der Waals surface area contributed by atoms with Crippen molar-refractivity contribution in [3.05, 3.63) is 63.3 Å². The molecular formula is C23H27FN4O4. The summed E-state index contributed by atoms with van der Waals surface area (Å²) in [5, 5.41) is 13.2. The number of nitrogens with one attached hydrogen (secondary N) is 1. The SMILES string of the molecule is CCC(C)N1CCCN2C(=O)c3c(O)c(=O)c(C(=O)NCc4ccc(F)cc4)cn3CC21. The van der Waals surface area contributed by atoms with Gasteiger partial charge in [0.05, 0.1) is 6.54 Å². The molecule has 2 amide bonds. The molecule has 1 fully saturated rings. The molecule has 2 atom stereocenters. The molecule has 170 valence electrons. The summed E-state index contributed by atoms with van der Waals surface area (Å²) in [6.45, 7) is 6.07. The Morgan fingerprint density at radius 2 is 1.97 bits per heavy atom. The van der Waals surface area contributed by atoms with E-state index in [2.05, 4.69) is 24.1 Å². The van der Waals surface area contributed by atoms with Crippen LogP contribution in [0.4, 0.5) is 4.39 Å². The van der Waals surface area contributed by atoms with Crippen LogP contribution in [0.1, 0.15) is 53.1 Å². The molecule has 2 aromatic rings. The smallest absolute Gasteiger partial charge is 0.275 e. The first kappa shape index (κ1) is 22.0. The van der Waals surface area contributed by atoms with Gasteiger partial charge in [-0.1, -0.05) is 19.1 Å². The number of nitrogens with zero attached hydrogens (tertiary/aromatic N) is 3. The van der Waals surface area contributed by atoms with E-state index >= 15 is 0 Å². The Balaban J connectivity index is 1.63. The summed E-state index contributed by atoms with van der Waals surface area (Å²) in [5.74, 6) is -2.15. The van der Waals surface area contributed by atoms with Gasteiger partial charge >= 0.3 is 0 Å². The average molecular weight is 442 g/mol. The second-order valence-corrected chi connectivity index (χ2v) is 8.36. The van der Waals surface area contributed by atoms with E-state index in [1.807, 2.05) is 0 Å². The van der Waals surface area contributed by atoms with E-state index in [1.54, 1.807) is 4.90 Å². The maximum Gasteiger partial charge on any atom is 0.275 e. The van der Waals surface area contributed by atoms with Crippen molar-refractivity contribution in [1.29, 1.82) is 0 Å². The fraction of sp³-hybridized carbons (Fsp3) is 0.435. The molecule has 1 saturated heterocycles. The van der Waals surface area contributed by atoms with Gasteiger partial charge in [-0.05, 0) is 37.5 Å². The fourth-order valence-electron chi connectivity index (χ4n) is 4.46. The van der Waals surface area contributed by atoms with Gasteiger partial charge in [0.15, 0.2) is 11.4 Å². The quantitative estimate of drug-likeness (QED) is 0.738. The number of hydrogen-bond donors (Lipinski definition) is 2. The van der Waals surface area contributed by atoms with Gasteiger partial charge in [0.25, 0.3) is 11.8 Å². The Morgan fingerprint density at radius 3 is 2.66 bits per heavy atom. The third-order valence-electron chi connectivity index (χ3n) is 6.41. The number of hydrogen-bond acceptors (Lipinski definition) is 5. The minimum Gasteiger partial charge on any atom is -0.503 e. The average Bonchev–Trinajstić information content (AvgIpc) is 2.80. The van der Waals surface area contributed by atoms with E-state index in [0.717, 1.165) is 19.4 Å². The zero-order valence-electron chi connectivity index (χ0n) is 18.2. The van der Waals surface area contributed by atoms with Crippen molar-refractivity contribution >= 4 is 11.8 Å². The van der Waals surface area contributed by atoms with Crippen LogP contribution < -0.4 is 10.7 Å². The Bertz CT molecular complexity index is 1100. The van der Waals surface area contributed by atoms with Crippen LogP contribution in [0.5, 0.6) is 5.75 Å². The van der Waals surface area contributed by atoms with E-state index in [1.165, 1.54) is 35.0 Å². The number of fused-ring (bicyclic) bond motifs is 2. The molecule has 9 heteroatoms. The van der Waals surface area contributed by atoms with Crippen LogP contribution in [0, 0.1) is 5.82 Å².